The summed E-state index contributed by atoms with van der Waals surface area (Å²) in [7, 11) is 4.90. The van der Waals surface area contributed by atoms with Gasteiger partial charge in [0.1, 0.15) is 0 Å². The third-order valence-electron chi connectivity index (χ3n) is 2.98. The molecule has 2 aromatic rings. The standard InChI is InChI=1S/C15H20N4O3.HI/c1-10-7-12(22-19-10)9-17-15(16-2)18-11-5-6-13(20-3)14(8-11)21-4;/h5-8H,9H2,1-4H3,(H2,16,17,18);1H. The minimum Gasteiger partial charge on any atom is -0.493 e. The SMILES string of the molecule is CN=C(NCc1cc(C)no1)Nc1ccc(OC)c(OC)c1.I. The number of rotatable bonds is 5. The predicted molar refractivity (Wildman–Crippen MR) is 100 cm³/mol. The molecule has 0 fully saturated rings. The number of hydrogen-bond acceptors (Lipinski definition) is 5. The summed E-state index contributed by atoms with van der Waals surface area (Å²) in [6.45, 7) is 2.37. The summed E-state index contributed by atoms with van der Waals surface area (Å²) < 4.78 is 15.6. The fourth-order valence-corrected chi connectivity index (χ4v) is 1.90. The van der Waals surface area contributed by atoms with Crippen molar-refractivity contribution in [1.29, 1.82) is 0 Å². The molecule has 0 saturated heterocycles. The van der Waals surface area contributed by atoms with Crippen LogP contribution in [0.3, 0.4) is 0 Å². The highest BCUT2D eigenvalue weighted by molar-refractivity contribution is 14.0. The molecule has 0 aliphatic heterocycles. The van der Waals surface area contributed by atoms with E-state index < -0.39 is 0 Å². The van der Waals surface area contributed by atoms with Crippen molar-refractivity contribution in [1.82, 2.24) is 10.5 Å². The van der Waals surface area contributed by atoms with Crippen LogP contribution in [0.25, 0.3) is 0 Å². The zero-order valence-corrected chi connectivity index (χ0v) is 15.9. The first-order chi connectivity index (χ1) is 10.7. The lowest BCUT2D eigenvalue weighted by Gasteiger charge is -2.13. The Morgan fingerprint density at radius 2 is 1.96 bits per heavy atom. The fourth-order valence-electron chi connectivity index (χ4n) is 1.90. The van der Waals surface area contributed by atoms with E-state index in [0.29, 0.717) is 24.0 Å². The molecule has 23 heavy (non-hydrogen) atoms. The molecule has 0 unspecified atom stereocenters. The molecule has 0 saturated carbocycles. The Morgan fingerprint density at radius 1 is 1.22 bits per heavy atom. The molecule has 126 valence electrons. The minimum atomic E-state index is 0. The van der Waals surface area contributed by atoms with Gasteiger partial charge in [0.05, 0.1) is 26.5 Å². The number of methoxy groups -OCH3 is 2. The van der Waals surface area contributed by atoms with E-state index >= 15 is 0 Å². The smallest absolute Gasteiger partial charge is 0.195 e. The number of benzene rings is 1. The second-order valence-corrected chi connectivity index (χ2v) is 4.56. The molecule has 2 rings (SSSR count). The topological polar surface area (TPSA) is 80.9 Å². The molecule has 0 amide bonds. The van der Waals surface area contributed by atoms with Gasteiger partial charge in [0.25, 0.3) is 0 Å². The monoisotopic (exact) mass is 432 g/mol. The molecule has 2 N–H and O–H groups in total. The zero-order valence-electron chi connectivity index (χ0n) is 13.5. The van der Waals surface area contributed by atoms with Crippen molar-refractivity contribution in [2.75, 3.05) is 26.6 Å². The van der Waals surface area contributed by atoms with Crippen molar-refractivity contribution in [3.63, 3.8) is 0 Å². The van der Waals surface area contributed by atoms with Crippen LogP contribution in [0.4, 0.5) is 5.69 Å². The maximum atomic E-state index is 5.28. The molecule has 0 bridgehead atoms. The molecule has 8 heteroatoms. The fraction of sp³-hybridized carbons (Fsp3) is 0.333. The van der Waals surface area contributed by atoms with Gasteiger partial charge in [0.2, 0.25) is 0 Å². The van der Waals surface area contributed by atoms with Crippen molar-refractivity contribution in [3.8, 4) is 11.5 Å². The van der Waals surface area contributed by atoms with E-state index in [9.17, 15) is 0 Å². The highest BCUT2D eigenvalue weighted by Gasteiger charge is 2.07. The van der Waals surface area contributed by atoms with E-state index in [2.05, 4.69) is 20.8 Å². The molecule has 0 radical (unpaired) electrons. The maximum Gasteiger partial charge on any atom is 0.195 e. The van der Waals surface area contributed by atoms with Gasteiger partial charge in [-0.3, -0.25) is 4.99 Å². The summed E-state index contributed by atoms with van der Waals surface area (Å²) in [5.41, 5.74) is 1.68. The Hall–Kier alpha value is -1.97. The van der Waals surface area contributed by atoms with E-state index in [1.54, 1.807) is 21.3 Å². The second-order valence-electron chi connectivity index (χ2n) is 4.56. The number of aryl methyl sites for hydroxylation is 1. The Bertz CT molecular complexity index is 658. The number of anilines is 1. The van der Waals surface area contributed by atoms with Crippen LogP contribution in [0.2, 0.25) is 0 Å². The van der Waals surface area contributed by atoms with Gasteiger partial charge >= 0.3 is 0 Å². The lowest BCUT2D eigenvalue weighted by Crippen LogP contribution is -2.30. The Balaban J connectivity index is 0.00000264. The molecule has 1 heterocycles. The van der Waals surface area contributed by atoms with Crippen LogP contribution >= 0.6 is 24.0 Å². The number of nitrogens with one attached hydrogen (secondary N) is 2. The van der Waals surface area contributed by atoms with Crippen molar-refractivity contribution in [2.45, 2.75) is 13.5 Å². The van der Waals surface area contributed by atoms with Crippen molar-refractivity contribution in [3.05, 3.63) is 35.7 Å². The van der Waals surface area contributed by atoms with Crippen LogP contribution in [0.15, 0.2) is 33.8 Å². The second kappa shape index (κ2) is 9.23. The van der Waals surface area contributed by atoms with Crippen LogP contribution in [-0.2, 0) is 6.54 Å². The molecule has 0 aliphatic carbocycles. The van der Waals surface area contributed by atoms with Crippen LogP contribution in [-0.4, -0.2) is 32.4 Å². The van der Waals surface area contributed by atoms with E-state index in [1.807, 2.05) is 31.2 Å². The third kappa shape index (κ3) is 5.31. The molecular weight excluding hydrogens is 411 g/mol. The van der Waals surface area contributed by atoms with Gasteiger partial charge in [0, 0.05) is 24.9 Å². The van der Waals surface area contributed by atoms with E-state index in [4.69, 9.17) is 14.0 Å². The first-order valence-electron chi connectivity index (χ1n) is 6.78. The minimum absolute atomic E-state index is 0. The van der Waals surface area contributed by atoms with Crippen LogP contribution in [0.1, 0.15) is 11.5 Å². The van der Waals surface area contributed by atoms with Gasteiger partial charge in [-0.15, -0.1) is 24.0 Å². The van der Waals surface area contributed by atoms with E-state index in [0.717, 1.165) is 17.1 Å². The number of halogens is 1. The van der Waals surface area contributed by atoms with Crippen molar-refractivity contribution >= 4 is 35.6 Å². The number of hydrogen-bond donors (Lipinski definition) is 2. The molecular formula is C15H21IN4O3. The highest BCUT2D eigenvalue weighted by atomic mass is 127. The van der Waals surface area contributed by atoms with Crippen molar-refractivity contribution < 1.29 is 14.0 Å². The summed E-state index contributed by atoms with van der Waals surface area (Å²) in [6, 6.07) is 7.42. The molecule has 0 spiro atoms. The molecule has 7 nitrogen and oxygen atoms in total. The van der Waals surface area contributed by atoms with Gasteiger partial charge in [-0.25, -0.2) is 0 Å². The predicted octanol–water partition coefficient (Wildman–Crippen LogP) is 2.81. The van der Waals surface area contributed by atoms with E-state index in [-0.39, 0.29) is 24.0 Å². The third-order valence-corrected chi connectivity index (χ3v) is 2.98. The average molecular weight is 432 g/mol. The maximum absolute atomic E-state index is 5.28. The first-order valence-corrected chi connectivity index (χ1v) is 6.78. The van der Waals surface area contributed by atoms with Crippen LogP contribution < -0.4 is 20.1 Å². The lowest BCUT2D eigenvalue weighted by molar-refractivity contribution is 0.355. The Morgan fingerprint density at radius 3 is 2.52 bits per heavy atom. The summed E-state index contributed by atoms with van der Waals surface area (Å²) >= 11 is 0. The lowest BCUT2D eigenvalue weighted by atomic mass is 10.2. The average Bonchev–Trinajstić information content (AvgIpc) is 2.96. The largest absolute Gasteiger partial charge is 0.493 e. The molecule has 1 aromatic carbocycles. The Kier molecular flexibility index (Phi) is 7.66. The molecule has 1 aromatic heterocycles. The Labute approximate surface area is 152 Å². The quantitative estimate of drug-likeness (QED) is 0.430. The molecule has 0 atom stereocenters. The molecule has 0 aliphatic rings. The van der Waals surface area contributed by atoms with Gasteiger partial charge in [-0.05, 0) is 19.1 Å². The number of nitrogens with zero attached hydrogens (tertiary/aromatic N) is 2. The summed E-state index contributed by atoms with van der Waals surface area (Å²) in [5, 5.41) is 10.2. The number of ether oxygens (including phenoxy) is 2. The van der Waals surface area contributed by atoms with Crippen LogP contribution in [0, 0.1) is 6.92 Å². The van der Waals surface area contributed by atoms with Gasteiger partial charge in [-0.1, -0.05) is 5.16 Å². The number of aliphatic imine (C=N–C) groups is 1. The summed E-state index contributed by atoms with van der Waals surface area (Å²) in [6.07, 6.45) is 0. The highest BCUT2D eigenvalue weighted by Crippen LogP contribution is 2.29. The van der Waals surface area contributed by atoms with Gasteiger partial charge in [-0.2, -0.15) is 0 Å². The number of guanidine groups is 1. The normalized spacial score (nSPS) is 10.7. The van der Waals surface area contributed by atoms with Crippen molar-refractivity contribution in [2.24, 2.45) is 4.99 Å². The van der Waals surface area contributed by atoms with Crippen LogP contribution in [0.5, 0.6) is 11.5 Å². The number of aromatic nitrogens is 1. The van der Waals surface area contributed by atoms with Gasteiger partial charge < -0.3 is 24.6 Å². The zero-order chi connectivity index (χ0) is 15.9. The van der Waals surface area contributed by atoms with E-state index in [1.165, 1.54) is 0 Å². The first kappa shape index (κ1) is 19.1. The van der Waals surface area contributed by atoms with Gasteiger partial charge in [0.15, 0.2) is 23.2 Å². The summed E-state index contributed by atoms with van der Waals surface area (Å²) in [5.74, 6) is 2.68. The summed E-state index contributed by atoms with van der Waals surface area (Å²) in [4.78, 5) is 4.16.